The summed E-state index contributed by atoms with van der Waals surface area (Å²) < 4.78 is 66.0. The number of amides is 1. The molecule has 3 aromatic rings. The second-order valence-corrected chi connectivity index (χ2v) is 14.0. The van der Waals surface area contributed by atoms with Gasteiger partial charge in [0, 0.05) is 61.4 Å². The van der Waals surface area contributed by atoms with Gasteiger partial charge in [0.25, 0.3) is 5.89 Å². The van der Waals surface area contributed by atoms with Crippen molar-refractivity contribution in [1.82, 2.24) is 15.3 Å². The minimum atomic E-state index is -3.19. The van der Waals surface area contributed by atoms with Crippen molar-refractivity contribution in [3.63, 3.8) is 0 Å². The smallest absolute Gasteiger partial charge is 0.322 e. The normalized spacial score (nSPS) is 27.0. The van der Waals surface area contributed by atoms with E-state index in [4.69, 9.17) is 9.05 Å². The van der Waals surface area contributed by atoms with Gasteiger partial charge in [-0.2, -0.15) is 13.8 Å². The number of fused-ring (bicyclic) bond motifs is 3. The Labute approximate surface area is 253 Å². The highest BCUT2D eigenvalue weighted by Crippen LogP contribution is 2.58. The predicted octanol–water partition coefficient (Wildman–Crippen LogP) is 8.55. The number of aromatic nitrogens is 3. The van der Waals surface area contributed by atoms with E-state index in [1.807, 2.05) is 35.2 Å². The second-order valence-electron chi connectivity index (χ2n) is 14.0. The fourth-order valence-corrected chi connectivity index (χ4v) is 7.60. The number of nitrogens with zero attached hydrogens (tertiary/aromatic N) is 4. The number of hydrogen-bond donors (Lipinski definition) is 0. The maximum absolute atomic E-state index is 14.0. The molecule has 8 rings (SSSR count). The summed E-state index contributed by atoms with van der Waals surface area (Å²) in [6, 6.07) is 9.71. The molecule has 0 unspecified atom stereocenters. The second kappa shape index (κ2) is 10.7. The van der Waals surface area contributed by atoms with E-state index in [9.17, 15) is 22.4 Å². The molecule has 2 aromatic heterocycles. The van der Waals surface area contributed by atoms with Crippen LogP contribution in [-0.2, 0) is 16.1 Å². The van der Waals surface area contributed by atoms with Gasteiger partial charge in [-0.25, -0.2) is 8.78 Å². The molecule has 0 N–H and O–H groups in total. The third-order valence-electron chi connectivity index (χ3n) is 10.7. The van der Waals surface area contributed by atoms with Crippen LogP contribution < -0.4 is 4.90 Å². The third kappa shape index (κ3) is 5.78. The minimum absolute atomic E-state index is 0.0571. The molecule has 5 aliphatic rings. The lowest BCUT2D eigenvalue weighted by molar-refractivity contribution is -0.121. The molecule has 0 radical (unpaired) electrons. The largest absolute Gasteiger partial charge is 0.356 e. The summed E-state index contributed by atoms with van der Waals surface area (Å²) in [7, 11) is 0. The monoisotopic (exact) mass is 614 g/mol. The van der Waals surface area contributed by atoms with Crippen molar-refractivity contribution >= 4 is 11.6 Å². The van der Waals surface area contributed by atoms with Crippen molar-refractivity contribution in [2.24, 2.45) is 11.3 Å². The molecule has 0 spiro atoms. The first kappa shape index (κ1) is 29.5. The van der Waals surface area contributed by atoms with Crippen LogP contribution in [0.4, 0.5) is 23.2 Å². The Kier molecular flexibility index (Phi) is 7.16. The average Bonchev–Trinajstić information content (AvgIpc) is 3.49. The van der Waals surface area contributed by atoms with Crippen LogP contribution in [0.5, 0.6) is 0 Å². The van der Waals surface area contributed by atoms with Crippen LogP contribution in [-0.4, -0.2) is 33.7 Å². The summed E-state index contributed by atoms with van der Waals surface area (Å²) in [5.74, 6) is -5.15. The van der Waals surface area contributed by atoms with E-state index < -0.39 is 23.2 Å². The Morgan fingerprint density at radius 2 is 1.66 bits per heavy atom. The van der Waals surface area contributed by atoms with E-state index in [-0.39, 0.29) is 36.5 Å². The van der Waals surface area contributed by atoms with Gasteiger partial charge in [0.15, 0.2) is 11.6 Å². The summed E-state index contributed by atoms with van der Waals surface area (Å²) in [5.41, 5.74) is 1.99. The SMILES string of the molecule is CC(F)(F)c1nc(C23CCC(CN(C(=O)CC4CCC(F)(F)CC4)c4cccc(-c5cc(C6CC6)no5)c4)(CC2)CC3)no1. The molecule has 11 heteroatoms. The summed E-state index contributed by atoms with van der Waals surface area (Å²) in [4.78, 5) is 20.0. The van der Waals surface area contributed by atoms with E-state index in [0.29, 0.717) is 36.9 Å². The lowest BCUT2D eigenvalue weighted by Crippen LogP contribution is -2.51. The van der Waals surface area contributed by atoms with Crippen LogP contribution in [0.25, 0.3) is 11.3 Å². The maximum Gasteiger partial charge on any atom is 0.322 e. The van der Waals surface area contributed by atoms with Gasteiger partial charge in [-0.3, -0.25) is 4.79 Å². The molecule has 44 heavy (non-hydrogen) atoms. The van der Waals surface area contributed by atoms with Gasteiger partial charge in [-0.15, -0.1) is 0 Å². The van der Waals surface area contributed by atoms with Crippen LogP contribution in [0.2, 0.25) is 0 Å². The van der Waals surface area contributed by atoms with Crippen molar-refractivity contribution in [1.29, 1.82) is 0 Å². The molecule has 7 nitrogen and oxygen atoms in total. The van der Waals surface area contributed by atoms with Crippen molar-refractivity contribution in [2.75, 3.05) is 11.4 Å². The lowest BCUT2D eigenvalue weighted by Gasteiger charge is -2.53. The molecule has 1 amide bonds. The van der Waals surface area contributed by atoms with Gasteiger partial charge in [-0.1, -0.05) is 22.4 Å². The average molecular weight is 615 g/mol. The Balaban J connectivity index is 1.12. The number of halogens is 4. The number of rotatable bonds is 9. The fourth-order valence-electron chi connectivity index (χ4n) is 7.60. The number of carbonyl (C=O) groups is 1. The van der Waals surface area contributed by atoms with Crippen molar-refractivity contribution < 1.29 is 31.4 Å². The van der Waals surface area contributed by atoms with Gasteiger partial charge in [0.05, 0.1) is 5.69 Å². The zero-order valence-corrected chi connectivity index (χ0v) is 25.0. The summed E-state index contributed by atoms with van der Waals surface area (Å²) >= 11 is 0. The number of carbonyl (C=O) groups excluding carboxylic acids is 1. The Morgan fingerprint density at radius 3 is 2.30 bits per heavy atom. The zero-order valence-electron chi connectivity index (χ0n) is 25.0. The van der Waals surface area contributed by atoms with Gasteiger partial charge in [-0.05, 0) is 87.7 Å². The highest BCUT2D eigenvalue weighted by atomic mass is 19.3. The molecule has 0 aliphatic heterocycles. The summed E-state index contributed by atoms with van der Waals surface area (Å²) in [5, 5.41) is 8.21. The first-order chi connectivity index (χ1) is 20.9. The van der Waals surface area contributed by atoms with Gasteiger partial charge in [0.1, 0.15) is 0 Å². The Bertz CT molecular complexity index is 1490. The van der Waals surface area contributed by atoms with Crippen LogP contribution in [0.15, 0.2) is 39.4 Å². The van der Waals surface area contributed by atoms with E-state index in [2.05, 4.69) is 15.3 Å². The molecule has 5 fully saturated rings. The lowest BCUT2D eigenvalue weighted by atomic mass is 9.53. The van der Waals surface area contributed by atoms with Crippen LogP contribution in [0.3, 0.4) is 0 Å². The minimum Gasteiger partial charge on any atom is -0.356 e. The highest BCUT2D eigenvalue weighted by Gasteiger charge is 2.53. The van der Waals surface area contributed by atoms with Crippen LogP contribution in [0.1, 0.15) is 114 Å². The predicted molar refractivity (Wildman–Crippen MR) is 153 cm³/mol. The van der Waals surface area contributed by atoms with E-state index in [1.165, 1.54) is 0 Å². The maximum atomic E-state index is 14.0. The van der Waals surface area contributed by atoms with E-state index >= 15 is 0 Å². The molecule has 1 aromatic carbocycles. The Morgan fingerprint density at radius 1 is 0.955 bits per heavy atom. The molecule has 2 bridgehead atoms. The summed E-state index contributed by atoms with van der Waals surface area (Å²) in [6.07, 6.45) is 7.35. The zero-order chi connectivity index (χ0) is 30.7. The third-order valence-corrected chi connectivity index (χ3v) is 10.7. The first-order valence-corrected chi connectivity index (χ1v) is 15.9. The van der Waals surface area contributed by atoms with Crippen LogP contribution >= 0.6 is 0 Å². The fraction of sp³-hybridized carbons (Fsp3) is 0.636. The molecule has 5 aliphatic carbocycles. The van der Waals surface area contributed by atoms with E-state index in [1.54, 1.807) is 0 Å². The Hall–Kier alpha value is -3.24. The number of hydrogen-bond acceptors (Lipinski definition) is 6. The highest BCUT2D eigenvalue weighted by molar-refractivity contribution is 5.94. The molecule has 236 valence electrons. The summed E-state index contributed by atoms with van der Waals surface area (Å²) in [6.45, 7) is 1.26. The molecule has 0 atom stereocenters. The van der Waals surface area contributed by atoms with Gasteiger partial charge >= 0.3 is 5.92 Å². The molecule has 2 heterocycles. The van der Waals surface area contributed by atoms with Crippen molar-refractivity contribution in [3.8, 4) is 11.3 Å². The van der Waals surface area contributed by atoms with Crippen LogP contribution in [0, 0.1) is 11.3 Å². The molecule has 5 saturated carbocycles. The molecular formula is C33H38F4N4O3. The number of benzene rings is 1. The van der Waals surface area contributed by atoms with Gasteiger partial charge < -0.3 is 13.9 Å². The van der Waals surface area contributed by atoms with Crippen molar-refractivity contribution in [2.45, 2.75) is 114 Å². The number of alkyl halides is 4. The first-order valence-electron chi connectivity index (χ1n) is 15.9. The standard InChI is InChI=1S/C33H38F4N4O3/c1-30(34,35)29-38-28(40-44-29)32-14-11-31(12-15-32,13-16-32)20-41(27(42)17-21-7-9-33(36,37)10-8-21)24-4-2-3-23(18-24)26-19-25(39-43-26)22-5-6-22/h2-4,18-19,21-22H,5-17,20H2,1H3. The van der Waals surface area contributed by atoms with E-state index in [0.717, 1.165) is 75.2 Å². The van der Waals surface area contributed by atoms with Gasteiger partial charge in [0.2, 0.25) is 11.8 Å². The number of anilines is 1. The molecular weight excluding hydrogens is 576 g/mol. The topological polar surface area (TPSA) is 85.3 Å². The van der Waals surface area contributed by atoms with Crippen molar-refractivity contribution in [3.05, 3.63) is 47.7 Å². The quantitative estimate of drug-likeness (QED) is 0.225. The molecule has 0 saturated heterocycles.